The van der Waals surface area contributed by atoms with E-state index < -0.39 is 5.97 Å². The highest BCUT2D eigenvalue weighted by molar-refractivity contribution is 5.86. The summed E-state index contributed by atoms with van der Waals surface area (Å²) in [7, 11) is 0. The first kappa shape index (κ1) is 7.40. The summed E-state index contributed by atoms with van der Waals surface area (Å²) in [6.07, 6.45) is 7.75. The number of allylic oxidation sites excluding steroid dienone is 4. The first-order valence-electron chi connectivity index (χ1n) is 2.98. The molecular formula is C7H6N2O2. The Bertz CT molecular complexity index is 274. The Balaban J connectivity index is 2.87. The van der Waals surface area contributed by atoms with Crippen LogP contribution in [0.3, 0.4) is 0 Å². The second kappa shape index (κ2) is 3.46. The molecule has 1 N–H and O–H groups in total. The summed E-state index contributed by atoms with van der Waals surface area (Å²) in [6, 6.07) is 0. The second-order valence-electron chi connectivity index (χ2n) is 1.80. The largest absolute Gasteiger partial charge is 0.476 e. The minimum absolute atomic E-state index is 0.0643. The molecule has 0 aliphatic carbocycles. The quantitative estimate of drug-likeness (QED) is 0.615. The van der Waals surface area contributed by atoms with Crippen molar-refractivity contribution < 1.29 is 9.90 Å². The van der Waals surface area contributed by atoms with Gasteiger partial charge in [0, 0.05) is 6.20 Å². The van der Waals surface area contributed by atoms with E-state index in [1.54, 1.807) is 18.2 Å². The molecule has 11 heavy (non-hydrogen) atoms. The molecule has 1 aliphatic rings. The van der Waals surface area contributed by atoms with Gasteiger partial charge in [-0.25, -0.2) is 4.79 Å². The minimum Gasteiger partial charge on any atom is -0.476 e. The molecule has 0 fully saturated rings. The molecule has 0 atom stereocenters. The summed E-state index contributed by atoms with van der Waals surface area (Å²) in [4.78, 5) is 10.3. The van der Waals surface area contributed by atoms with Crippen molar-refractivity contribution in [3.8, 4) is 0 Å². The number of azo groups is 1. The lowest BCUT2D eigenvalue weighted by atomic mass is 10.3. The molecule has 0 saturated heterocycles. The van der Waals surface area contributed by atoms with Gasteiger partial charge in [-0.05, 0) is 12.2 Å². The molecule has 1 rings (SSSR count). The van der Waals surface area contributed by atoms with Crippen molar-refractivity contribution in [2.45, 2.75) is 0 Å². The molecule has 0 aromatic heterocycles. The highest BCUT2D eigenvalue weighted by Gasteiger charge is 2.03. The first-order valence-corrected chi connectivity index (χ1v) is 2.98. The molecule has 1 heterocycles. The molecule has 4 nitrogen and oxygen atoms in total. The van der Waals surface area contributed by atoms with Crippen LogP contribution in [0, 0.1) is 0 Å². The standard InChI is InChI=1S/C7H6N2O2/c10-7(11)6-4-2-1-3-5-8-9-6/h1-5H,(H,10,11). The SMILES string of the molecule is O=C(O)C1=CC=CC=CN=N1. The Kier molecular flexibility index (Phi) is 2.32. The summed E-state index contributed by atoms with van der Waals surface area (Å²) in [5.41, 5.74) is -0.0643. The fourth-order valence-corrected chi connectivity index (χ4v) is 0.542. The van der Waals surface area contributed by atoms with Gasteiger partial charge in [0.1, 0.15) is 0 Å². The number of nitrogens with zero attached hydrogens (tertiary/aromatic N) is 2. The molecule has 0 radical (unpaired) electrons. The van der Waals surface area contributed by atoms with Crippen LogP contribution in [0.25, 0.3) is 0 Å². The first-order chi connectivity index (χ1) is 5.30. The minimum atomic E-state index is -1.08. The van der Waals surface area contributed by atoms with Gasteiger partial charge in [0.2, 0.25) is 0 Å². The maximum Gasteiger partial charge on any atom is 0.356 e. The molecule has 0 amide bonds. The van der Waals surface area contributed by atoms with Crippen LogP contribution in [-0.2, 0) is 4.79 Å². The van der Waals surface area contributed by atoms with Crippen LogP contribution in [0.2, 0.25) is 0 Å². The Hall–Kier alpha value is -1.71. The van der Waals surface area contributed by atoms with Crippen molar-refractivity contribution in [2.75, 3.05) is 0 Å². The highest BCUT2D eigenvalue weighted by Crippen LogP contribution is 2.01. The fourth-order valence-electron chi connectivity index (χ4n) is 0.542. The molecule has 1 aliphatic heterocycles. The predicted octanol–water partition coefficient (Wildman–Crippen LogP) is 1.49. The average molecular weight is 150 g/mol. The van der Waals surface area contributed by atoms with Crippen LogP contribution in [0.1, 0.15) is 0 Å². The van der Waals surface area contributed by atoms with Gasteiger partial charge in [-0.1, -0.05) is 12.2 Å². The maximum absolute atomic E-state index is 10.3. The van der Waals surface area contributed by atoms with E-state index >= 15 is 0 Å². The Morgan fingerprint density at radius 1 is 1.36 bits per heavy atom. The molecule has 0 aromatic rings. The summed E-state index contributed by atoms with van der Waals surface area (Å²) in [6.45, 7) is 0. The van der Waals surface area contributed by atoms with E-state index in [0.29, 0.717) is 0 Å². The van der Waals surface area contributed by atoms with Crippen LogP contribution in [0.15, 0.2) is 46.4 Å². The number of aliphatic carboxylic acids is 1. The molecule has 4 heteroatoms. The molecule has 0 spiro atoms. The molecule has 0 aromatic carbocycles. The number of carboxylic acid groups (broad SMARTS) is 1. The molecule has 0 bridgehead atoms. The zero-order chi connectivity index (χ0) is 8.10. The highest BCUT2D eigenvalue weighted by atomic mass is 16.4. The van der Waals surface area contributed by atoms with Crippen molar-refractivity contribution in [1.82, 2.24) is 0 Å². The monoisotopic (exact) mass is 150 g/mol. The lowest BCUT2D eigenvalue weighted by Gasteiger charge is -1.90. The number of carbonyl (C=O) groups is 1. The zero-order valence-electron chi connectivity index (χ0n) is 5.64. The summed E-state index contributed by atoms with van der Waals surface area (Å²) in [5.74, 6) is -1.08. The predicted molar refractivity (Wildman–Crippen MR) is 38.9 cm³/mol. The van der Waals surface area contributed by atoms with Gasteiger partial charge in [-0.15, -0.1) is 5.11 Å². The van der Waals surface area contributed by atoms with E-state index in [2.05, 4.69) is 10.2 Å². The average Bonchev–Trinajstić information content (AvgIpc) is 1.84. The smallest absolute Gasteiger partial charge is 0.356 e. The van der Waals surface area contributed by atoms with Crippen LogP contribution < -0.4 is 0 Å². The van der Waals surface area contributed by atoms with E-state index in [1.807, 2.05) is 0 Å². The van der Waals surface area contributed by atoms with Gasteiger partial charge < -0.3 is 5.11 Å². The van der Waals surface area contributed by atoms with E-state index in [-0.39, 0.29) is 5.70 Å². The number of hydrogen-bond acceptors (Lipinski definition) is 3. The van der Waals surface area contributed by atoms with Crippen molar-refractivity contribution in [3.63, 3.8) is 0 Å². The molecule has 0 saturated carbocycles. The Labute approximate surface area is 63.3 Å². The lowest BCUT2D eigenvalue weighted by Crippen LogP contribution is -1.96. The summed E-state index contributed by atoms with van der Waals surface area (Å²) >= 11 is 0. The van der Waals surface area contributed by atoms with Crippen LogP contribution >= 0.6 is 0 Å². The van der Waals surface area contributed by atoms with Gasteiger partial charge in [0.25, 0.3) is 0 Å². The van der Waals surface area contributed by atoms with E-state index in [1.165, 1.54) is 12.3 Å². The van der Waals surface area contributed by atoms with E-state index in [4.69, 9.17) is 5.11 Å². The van der Waals surface area contributed by atoms with Gasteiger partial charge >= 0.3 is 5.97 Å². The second-order valence-corrected chi connectivity index (χ2v) is 1.80. The molecular weight excluding hydrogens is 144 g/mol. The molecule has 56 valence electrons. The van der Waals surface area contributed by atoms with Crippen molar-refractivity contribution in [1.29, 1.82) is 0 Å². The van der Waals surface area contributed by atoms with Crippen LogP contribution in [-0.4, -0.2) is 11.1 Å². The third-order valence-corrected chi connectivity index (χ3v) is 1.01. The van der Waals surface area contributed by atoms with Crippen molar-refractivity contribution in [2.24, 2.45) is 10.2 Å². The zero-order valence-corrected chi connectivity index (χ0v) is 5.64. The van der Waals surface area contributed by atoms with Crippen molar-refractivity contribution >= 4 is 5.97 Å². The lowest BCUT2D eigenvalue weighted by molar-refractivity contribution is -0.132. The van der Waals surface area contributed by atoms with Crippen molar-refractivity contribution in [3.05, 3.63) is 36.2 Å². The third-order valence-electron chi connectivity index (χ3n) is 1.01. The third kappa shape index (κ3) is 2.17. The van der Waals surface area contributed by atoms with Gasteiger partial charge in [-0.2, -0.15) is 5.11 Å². The number of rotatable bonds is 1. The fraction of sp³-hybridized carbons (Fsp3) is 0. The number of hydrogen-bond donors (Lipinski definition) is 1. The van der Waals surface area contributed by atoms with Gasteiger partial charge in [0.15, 0.2) is 5.70 Å². The Morgan fingerprint density at radius 3 is 2.91 bits per heavy atom. The topological polar surface area (TPSA) is 62.0 Å². The maximum atomic E-state index is 10.3. The summed E-state index contributed by atoms with van der Waals surface area (Å²) in [5, 5.41) is 15.4. The van der Waals surface area contributed by atoms with Gasteiger partial charge in [0.05, 0.1) is 0 Å². The molecule has 0 unspecified atom stereocenters. The van der Waals surface area contributed by atoms with Crippen LogP contribution in [0.5, 0.6) is 0 Å². The van der Waals surface area contributed by atoms with E-state index in [0.717, 1.165) is 0 Å². The normalized spacial score (nSPS) is 15.5. The van der Waals surface area contributed by atoms with Gasteiger partial charge in [-0.3, -0.25) is 0 Å². The van der Waals surface area contributed by atoms with Crippen LogP contribution in [0.4, 0.5) is 0 Å². The van der Waals surface area contributed by atoms with E-state index in [9.17, 15) is 4.79 Å². The number of carboxylic acids is 1. The summed E-state index contributed by atoms with van der Waals surface area (Å²) < 4.78 is 0. The Morgan fingerprint density at radius 2 is 2.18 bits per heavy atom.